The van der Waals surface area contributed by atoms with Crippen molar-refractivity contribution < 1.29 is 24.3 Å². The predicted molar refractivity (Wildman–Crippen MR) is 190 cm³/mol. The van der Waals surface area contributed by atoms with Crippen LogP contribution in [0.3, 0.4) is 0 Å². The molecule has 0 radical (unpaired) electrons. The van der Waals surface area contributed by atoms with E-state index in [1.165, 1.54) is 0 Å². The number of benzene rings is 3. The standard InChI is InChI=1S/C35H49N9O5/c1-20-16-24(45)17-21(2)26(20)19-30(44-32(47)27(37)12-7-15-41-35(39)40)34(49)42-28(13-6-14-36)33(48)43-29(31(38)46)18-23-10-5-9-22-8-3-4-11-25(22)23/h3-5,8-11,16-17,27-30,45H,6-7,12-15,18-19,36-37H2,1-2H3,(H2,38,46)(H,42,49)(H,43,48)(H,44,47)(H4,39,40,41)/t27-,28+,29+,30+/m1/s1. The maximum Gasteiger partial charge on any atom is 0.243 e. The Kier molecular flexibility index (Phi) is 14.3. The van der Waals surface area contributed by atoms with Gasteiger partial charge in [-0.15, -0.1) is 0 Å². The molecule has 14 heteroatoms. The van der Waals surface area contributed by atoms with Gasteiger partial charge >= 0.3 is 0 Å². The molecule has 264 valence electrons. The summed E-state index contributed by atoms with van der Waals surface area (Å²) in [6.07, 6.45) is 1.42. The number of aryl methyl sites for hydroxylation is 2. The fourth-order valence-corrected chi connectivity index (χ4v) is 5.68. The summed E-state index contributed by atoms with van der Waals surface area (Å²) in [5.41, 5.74) is 31.3. The van der Waals surface area contributed by atoms with Crippen LogP contribution in [0.4, 0.5) is 0 Å². The zero-order valence-electron chi connectivity index (χ0n) is 28.1. The maximum atomic E-state index is 13.9. The van der Waals surface area contributed by atoms with E-state index < -0.39 is 47.8 Å². The number of amides is 4. The van der Waals surface area contributed by atoms with Gasteiger partial charge in [-0.05, 0) is 91.2 Å². The SMILES string of the molecule is Cc1cc(O)cc(C)c1C[C@H](NC(=O)[C@H](N)CCCN=C(N)N)C(=O)N[C@@H](CCCN)C(=O)N[C@@H](Cc1cccc2ccccc12)C(N)=O. The molecule has 0 unspecified atom stereocenters. The summed E-state index contributed by atoms with van der Waals surface area (Å²) < 4.78 is 0. The highest BCUT2D eigenvalue weighted by molar-refractivity contribution is 5.95. The Morgan fingerprint density at radius 1 is 0.776 bits per heavy atom. The molecular formula is C35H49N9O5. The van der Waals surface area contributed by atoms with E-state index in [-0.39, 0.29) is 50.5 Å². The average molecular weight is 676 g/mol. The van der Waals surface area contributed by atoms with Gasteiger partial charge in [-0.1, -0.05) is 42.5 Å². The Morgan fingerprint density at radius 3 is 2.04 bits per heavy atom. The van der Waals surface area contributed by atoms with Crippen molar-refractivity contribution in [2.24, 2.45) is 33.7 Å². The fraction of sp³-hybridized carbons (Fsp3) is 0.400. The second kappa shape index (κ2) is 18.4. The van der Waals surface area contributed by atoms with Gasteiger partial charge < -0.3 is 49.7 Å². The number of phenols is 1. The van der Waals surface area contributed by atoms with E-state index in [0.717, 1.165) is 21.9 Å². The van der Waals surface area contributed by atoms with Crippen LogP contribution < -0.4 is 44.6 Å². The molecule has 3 aromatic carbocycles. The second-order valence-corrected chi connectivity index (χ2v) is 12.2. The number of nitrogens with two attached hydrogens (primary N) is 5. The monoisotopic (exact) mass is 675 g/mol. The number of carbonyl (C=O) groups is 4. The number of primary amides is 1. The van der Waals surface area contributed by atoms with Crippen molar-refractivity contribution in [2.75, 3.05) is 13.1 Å². The van der Waals surface area contributed by atoms with Crippen LogP contribution in [-0.2, 0) is 32.0 Å². The van der Waals surface area contributed by atoms with E-state index in [1.54, 1.807) is 26.0 Å². The molecule has 0 heterocycles. The van der Waals surface area contributed by atoms with Gasteiger partial charge in [-0.3, -0.25) is 24.2 Å². The molecule has 0 aliphatic carbocycles. The van der Waals surface area contributed by atoms with Crippen molar-refractivity contribution in [2.45, 2.75) is 76.5 Å². The molecule has 14 N–H and O–H groups in total. The minimum absolute atomic E-state index is 0.0481. The quantitative estimate of drug-likeness (QED) is 0.0498. The predicted octanol–water partition coefficient (Wildman–Crippen LogP) is 0.00694. The molecule has 0 saturated heterocycles. The number of hydrogen-bond acceptors (Lipinski definition) is 8. The third-order valence-corrected chi connectivity index (χ3v) is 8.32. The van der Waals surface area contributed by atoms with E-state index in [2.05, 4.69) is 20.9 Å². The van der Waals surface area contributed by atoms with E-state index in [0.29, 0.717) is 24.0 Å². The van der Waals surface area contributed by atoms with Gasteiger partial charge in [0.25, 0.3) is 0 Å². The number of nitrogens with zero attached hydrogens (tertiary/aromatic N) is 1. The van der Waals surface area contributed by atoms with E-state index in [4.69, 9.17) is 28.7 Å². The van der Waals surface area contributed by atoms with Crippen LogP contribution in [0.2, 0.25) is 0 Å². The summed E-state index contributed by atoms with van der Waals surface area (Å²) >= 11 is 0. The molecule has 0 aromatic heterocycles. The topological polar surface area (TPSA) is 267 Å². The molecule has 3 aromatic rings. The van der Waals surface area contributed by atoms with E-state index in [1.807, 2.05) is 42.5 Å². The number of nitrogens with one attached hydrogen (secondary N) is 3. The summed E-state index contributed by atoms with van der Waals surface area (Å²) in [6.45, 7) is 4.09. The number of hydrogen-bond donors (Lipinski definition) is 9. The molecule has 4 amide bonds. The molecule has 0 aliphatic rings. The smallest absolute Gasteiger partial charge is 0.243 e. The third kappa shape index (κ3) is 11.5. The number of guanidine groups is 1. The Bertz CT molecular complexity index is 1630. The number of phenolic OH excluding ortho intramolecular Hbond substituents is 1. The van der Waals surface area contributed by atoms with Crippen molar-refractivity contribution in [3.8, 4) is 5.75 Å². The number of aromatic hydroxyl groups is 1. The van der Waals surface area contributed by atoms with Crippen molar-refractivity contribution in [1.29, 1.82) is 0 Å². The van der Waals surface area contributed by atoms with E-state index >= 15 is 0 Å². The number of fused-ring (bicyclic) bond motifs is 1. The molecule has 0 fully saturated rings. The lowest BCUT2D eigenvalue weighted by molar-refractivity contribution is -0.133. The molecule has 14 nitrogen and oxygen atoms in total. The first kappa shape index (κ1) is 38.2. The highest BCUT2D eigenvalue weighted by Gasteiger charge is 2.31. The van der Waals surface area contributed by atoms with Gasteiger partial charge in [-0.2, -0.15) is 0 Å². The van der Waals surface area contributed by atoms with Gasteiger partial charge in [0.15, 0.2) is 5.96 Å². The number of aliphatic imine (C=N–C) groups is 1. The van der Waals surface area contributed by atoms with Crippen molar-refractivity contribution >= 4 is 40.4 Å². The van der Waals surface area contributed by atoms with Crippen molar-refractivity contribution in [3.63, 3.8) is 0 Å². The summed E-state index contributed by atoms with van der Waals surface area (Å²) in [5.74, 6) is -2.58. The molecule has 0 spiro atoms. The Morgan fingerprint density at radius 2 is 1.39 bits per heavy atom. The summed E-state index contributed by atoms with van der Waals surface area (Å²) in [4.78, 5) is 57.2. The van der Waals surface area contributed by atoms with Crippen molar-refractivity contribution in [3.05, 3.63) is 76.9 Å². The molecule has 0 saturated carbocycles. The highest BCUT2D eigenvalue weighted by atomic mass is 16.3. The summed E-state index contributed by atoms with van der Waals surface area (Å²) in [6, 6.07) is 12.2. The van der Waals surface area contributed by atoms with Crippen LogP contribution in [0.1, 0.15) is 47.9 Å². The van der Waals surface area contributed by atoms with Crippen LogP contribution in [0, 0.1) is 13.8 Å². The van der Waals surface area contributed by atoms with Gasteiger partial charge in [0.05, 0.1) is 6.04 Å². The van der Waals surface area contributed by atoms with Gasteiger partial charge in [0.1, 0.15) is 23.9 Å². The lowest BCUT2D eigenvalue weighted by Gasteiger charge is -2.26. The summed E-state index contributed by atoms with van der Waals surface area (Å²) in [5, 5.41) is 20.2. The Hall–Kier alpha value is -5.21. The van der Waals surface area contributed by atoms with Crippen LogP contribution in [0.5, 0.6) is 5.75 Å². The highest BCUT2D eigenvalue weighted by Crippen LogP contribution is 2.23. The number of rotatable bonds is 18. The third-order valence-electron chi connectivity index (χ3n) is 8.32. The van der Waals surface area contributed by atoms with Crippen LogP contribution in [0.25, 0.3) is 10.8 Å². The minimum atomic E-state index is -1.14. The fourth-order valence-electron chi connectivity index (χ4n) is 5.68. The number of carbonyl (C=O) groups excluding carboxylic acids is 4. The first-order valence-electron chi connectivity index (χ1n) is 16.3. The lowest BCUT2D eigenvalue weighted by Crippen LogP contribution is -2.58. The van der Waals surface area contributed by atoms with E-state index in [9.17, 15) is 24.3 Å². The zero-order valence-corrected chi connectivity index (χ0v) is 28.1. The largest absolute Gasteiger partial charge is 0.508 e. The van der Waals surface area contributed by atoms with Gasteiger partial charge in [0, 0.05) is 19.4 Å². The van der Waals surface area contributed by atoms with Gasteiger partial charge in [0.2, 0.25) is 23.6 Å². The zero-order chi connectivity index (χ0) is 36.1. The average Bonchev–Trinajstić information content (AvgIpc) is 3.05. The van der Waals surface area contributed by atoms with Crippen LogP contribution in [0.15, 0.2) is 59.6 Å². The van der Waals surface area contributed by atoms with Crippen molar-refractivity contribution in [1.82, 2.24) is 16.0 Å². The van der Waals surface area contributed by atoms with Crippen LogP contribution in [-0.4, -0.2) is 72.0 Å². The lowest BCUT2D eigenvalue weighted by atomic mass is 9.95. The molecule has 0 aliphatic heterocycles. The Balaban J connectivity index is 1.83. The first-order valence-corrected chi connectivity index (χ1v) is 16.3. The molecule has 3 rings (SSSR count). The Labute approximate surface area is 286 Å². The second-order valence-electron chi connectivity index (χ2n) is 12.2. The summed E-state index contributed by atoms with van der Waals surface area (Å²) in [7, 11) is 0. The molecule has 0 bridgehead atoms. The molecular weight excluding hydrogens is 626 g/mol. The van der Waals surface area contributed by atoms with Gasteiger partial charge in [-0.25, -0.2) is 0 Å². The minimum Gasteiger partial charge on any atom is -0.508 e. The van der Waals surface area contributed by atoms with Crippen LogP contribution >= 0.6 is 0 Å². The maximum absolute atomic E-state index is 13.9. The molecule has 49 heavy (non-hydrogen) atoms. The first-order chi connectivity index (χ1) is 23.3. The normalized spacial score (nSPS) is 13.5. The molecule has 4 atom stereocenters.